The Morgan fingerprint density at radius 3 is 2.79 bits per heavy atom. The van der Waals surface area contributed by atoms with Crippen molar-refractivity contribution in [2.24, 2.45) is 0 Å². The second-order valence-electron chi connectivity index (χ2n) is 4.39. The van der Waals surface area contributed by atoms with Crippen LogP contribution < -0.4 is 0 Å². The maximum absolute atomic E-state index is 12.1. The Bertz CT molecular complexity index is 559. The minimum atomic E-state index is -0.269. The quantitative estimate of drug-likeness (QED) is 0.830. The van der Waals surface area contributed by atoms with E-state index in [9.17, 15) is 4.79 Å². The van der Waals surface area contributed by atoms with Gasteiger partial charge in [-0.1, -0.05) is 35.5 Å². The van der Waals surface area contributed by atoms with Crippen LogP contribution in [0.1, 0.15) is 23.4 Å². The van der Waals surface area contributed by atoms with Crippen molar-refractivity contribution in [3.05, 3.63) is 42.2 Å². The third-order valence-electron chi connectivity index (χ3n) is 3.02. The van der Waals surface area contributed by atoms with Crippen LogP contribution in [0.15, 0.2) is 40.9 Å². The van der Waals surface area contributed by atoms with E-state index >= 15 is 0 Å². The predicted molar refractivity (Wildman–Crippen MR) is 68.2 cm³/mol. The van der Waals surface area contributed by atoms with E-state index in [1.165, 1.54) is 5.06 Å². The lowest BCUT2D eigenvalue weighted by atomic mass is 10.1. The van der Waals surface area contributed by atoms with E-state index in [2.05, 4.69) is 5.16 Å². The van der Waals surface area contributed by atoms with Gasteiger partial charge in [0.2, 0.25) is 5.76 Å². The topological polar surface area (TPSA) is 55.6 Å². The van der Waals surface area contributed by atoms with E-state index in [1.54, 1.807) is 6.07 Å². The van der Waals surface area contributed by atoms with Gasteiger partial charge in [-0.05, 0) is 12.8 Å². The number of hydrogen-bond acceptors (Lipinski definition) is 4. The molecule has 1 aliphatic rings. The third-order valence-corrected chi connectivity index (χ3v) is 3.02. The molecule has 1 amide bonds. The second-order valence-corrected chi connectivity index (χ2v) is 4.39. The van der Waals surface area contributed by atoms with E-state index < -0.39 is 0 Å². The first kappa shape index (κ1) is 11.9. The molecule has 5 heteroatoms. The number of hydrogen-bond donors (Lipinski definition) is 0. The van der Waals surface area contributed by atoms with Crippen LogP contribution in [0.3, 0.4) is 0 Å². The van der Waals surface area contributed by atoms with Crippen molar-refractivity contribution >= 4 is 5.91 Å². The highest BCUT2D eigenvalue weighted by molar-refractivity contribution is 5.91. The zero-order valence-corrected chi connectivity index (χ0v) is 10.4. The van der Waals surface area contributed by atoms with Crippen LogP contribution in [-0.2, 0) is 4.84 Å². The minimum Gasteiger partial charge on any atom is -0.350 e. The fourth-order valence-electron chi connectivity index (χ4n) is 2.00. The highest BCUT2D eigenvalue weighted by Gasteiger charge is 2.23. The third kappa shape index (κ3) is 2.51. The molecule has 1 fully saturated rings. The number of rotatable bonds is 2. The molecule has 0 N–H and O–H groups in total. The first-order chi connectivity index (χ1) is 9.34. The zero-order chi connectivity index (χ0) is 13.1. The first-order valence-electron chi connectivity index (χ1n) is 6.31. The lowest BCUT2D eigenvalue weighted by Crippen LogP contribution is -2.35. The van der Waals surface area contributed by atoms with Gasteiger partial charge in [0.25, 0.3) is 0 Å². The van der Waals surface area contributed by atoms with Gasteiger partial charge in [0, 0.05) is 18.2 Å². The summed E-state index contributed by atoms with van der Waals surface area (Å²) >= 11 is 0. The molecular weight excluding hydrogens is 244 g/mol. The fraction of sp³-hybridized carbons (Fsp3) is 0.286. The number of hydroxylamine groups is 2. The van der Waals surface area contributed by atoms with Gasteiger partial charge in [-0.15, -0.1) is 0 Å². The summed E-state index contributed by atoms with van der Waals surface area (Å²) in [5.41, 5.74) is 1.57. The molecule has 0 radical (unpaired) electrons. The Balaban J connectivity index is 1.79. The highest BCUT2D eigenvalue weighted by Crippen LogP contribution is 2.20. The van der Waals surface area contributed by atoms with Gasteiger partial charge in [0.15, 0.2) is 0 Å². The van der Waals surface area contributed by atoms with E-state index in [-0.39, 0.29) is 11.7 Å². The molecule has 0 bridgehead atoms. The summed E-state index contributed by atoms with van der Waals surface area (Å²) < 4.78 is 5.11. The lowest BCUT2D eigenvalue weighted by molar-refractivity contribution is -0.145. The summed E-state index contributed by atoms with van der Waals surface area (Å²) in [7, 11) is 0. The molecule has 0 saturated carbocycles. The van der Waals surface area contributed by atoms with Gasteiger partial charge in [-0.2, -0.15) is 0 Å². The van der Waals surface area contributed by atoms with Crippen LogP contribution in [0.5, 0.6) is 0 Å². The van der Waals surface area contributed by atoms with Gasteiger partial charge in [-0.3, -0.25) is 9.63 Å². The smallest absolute Gasteiger partial charge is 0.315 e. The molecule has 0 unspecified atom stereocenters. The lowest BCUT2D eigenvalue weighted by Gasteiger charge is -2.24. The highest BCUT2D eigenvalue weighted by atomic mass is 16.7. The second kappa shape index (κ2) is 5.24. The molecule has 0 spiro atoms. The molecule has 1 aromatic heterocycles. The number of aromatic nitrogens is 1. The van der Waals surface area contributed by atoms with Crippen molar-refractivity contribution in [3.63, 3.8) is 0 Å². The Morgan fingerprint density at radius 2 is 2.05 bits per heavy atom. The van der Waals surface area contributed by atoms with Gasteiger partial charge in [-0.25, -0.2) is 5.06 Å². The minimum absolute atomic E-state index is 0.209. The van der Waals surface area contributed by atoms with Crippen LogP contribution in [0.4, 0.5) is 0 Å². The standard InChI is InChI=1S/C14H14N2O3/c17-14(16-8-4-5-9-18-16)13-10-12(15-19-13)11-6-2-1-3-7-11/h1-3,6-7,10H,4-5,8-9H2. The van der Waals surface area contributed by atoms with Gasteiger partial charge < -0.3 is 4.52 Å². The molecular formula is C14H14N2O3. The molecule has 98 valence electrons. The maximum atomic E-state index is 12.1. The Morgan fingerprint density at radius 1 is 1.21 bits per heavy atom. The summed E-state index contributed by atoms with van der Waals surface area (Å²) in [6, 6.07) is 11.2. The molecule has 0 atom stereocenters. The predicted octanol–water partition coefficient (Wildman–Crippen LogP) is 2.51. The first-order valence-corrected chi connectivity index (χ1v) is 6.31. The molecule has 0 aliphatic carbocycles. The zero-order valence-electron chi connectivity index (χ0n) is 10.4. The van der Waals surface area contributed by atoms with Gasteiger partial charge in [0.05, 0.1) is 6.61 Å². The van der Waals surface area contributed by atoms with E-state index in [4.69, 9.17) is 9.36 Å². The van der Waals surface area contributed by atoms with Crippen molar-refractivity contribution in [1.82, 2.24) is 10.2 Å². The maximum Gasteiger partial charge on any atom is 0.315 e. The largest absolute Gasteiger partial charge is 0.350 e. The summed E-state index contributed by atoms with van der Waals surface area (Å²) in [4.78, 5) is 17.4. The van der Waals surface area contributed by atoms with E-state index in [0.717, 1.165) is 18.4 Å². The Labute approximate surface area is 110 Å². The van der Waals surface area contributed by atoms with Crippen molar-refractivity contribution in [1.29, 1.82) is 0 Å². The normalized spacial score (nSPS) is 15.5. The van der Waals surface area contributed by atoms with E-state index in [1.807, 2.05) is 30.3 Å². The van der Waals surface area contributed by atoms with Gasteiger partial charge >= 0.3 is 5.91 Å². The Kier molecular flexibility index (Phi) is 3.29. The summed E-state index contributed by atoms with van der Waals surface area (Å²) in [5.74, 6) is -0.0601. The summed E-state index contributed by atoms with van der Waals surface area (Å²) in [6.45, 7) is 1.17. The molecule has 19 heavy (non-hydrogen) atoms. The SMILES string of the molecule is O=C(c1cc(-c2ccccc2)no1)N1CCCCO1. The number of amides is 1. The van der Waals surface area contributed by atoms with Crippen molar-refractivity contribution in [2.75, 3.05) is 13.2 Å². The van der Waals surface area contributed by atoms with Crippen LogP contribution in [0.2, 0.25) is 0 Å². The van der Waals surface area contributed by atoms with Crippen LogP contribution >= 0.6 is 0 Å². The van der Waals surface area contributed by atoms with E-state index in [0.29, 0.717) is 18.8 Å². The fourth-order valence-corrected chi connectivity index (χ4v) is 2.00. The molecule has 2 heterocycles. The molecule has 3 rings (SSSR count). The summed E-state index contributed by atoms with van der Waals surface area (Å²) in [6.07, 6.45) is 1.93. The number of nitrogens with zero attached hydrogens (tertiary/aromatic N) is 2. The number of benzene rings is 1. The van der Waals surface area contributed by atoms with Gasteiger partial charge in [0.1, 0.15) is 5.69 Å². The van der Waals surface area contributed by atoms with Crippen LogP contribution in [0.25, 0.3) is 11.3 Å². The van der Waals surface area contributed by atoms with Crippen molar-refractivity contribution < 1.29 is 14.2 Å². The molecule has 1 aliphatic heterocycles. The Hall–Kier alpha value is -2.14. The average molecular weight is 258 g/mol. The molecule has 2 aromatic rings. The number of carbonyl (C=O) groups is 1. The monoisotopic (exact) mass is 258 g/mol. The van der Waals surface area contributed by atoms with Crippen LogP contribution in [0, 0.1) is 0 Å². The van der Waals surface area contributed by atoms with Crippen molar-refractivity contribution in [2.45, 2.75) is 12.8 Å². The van der Waals surface area contributed by atoms with Crippen molar-refractivity contribution in [3.8, 4) is 11.3 Å². The average Bonchev–Trinajstić information content (AvgIpc) is 2.98. The number of carbonyl (C=O) groups excluding carboxylic acids is 1. The molecule has 5 nitrogen and oxygen atoms in total. The summed E-state index contributed by atoms with van der Waals surface area (Å²) in [5, 5.41) is 5.27. The van der Waals surface area contributed by atoms with Crippen LogP contribution in [-0.4, -0.2) is 29.3 Å². The molecule has 1 aromatic carbocycles. The molecule has 1 saturated heterocycles.